The molecule has 4 N–H and O–H groups in total. The SMILES string of the molecule is CNC(=O)c1ccc(N)c(N(CCCO)C2CCC2)c1. The van der Waals surface area contributed by atoms with E-state index in [2.05, 4.69) is 10.2 Å². The number of aliphatic hydroxyl groups excluding tert-OH is 1. The average molecular weight is 277 g/mol. The molecule has 1 aromatic rings. The van der Waals surface area contributed by atoms with Gasteiger partial charge < -0.3 is 21.1 Å². The molecule has 0 unspecified atom stereocenters. The Morgan fingerprint density at radius 1 is 1.50 bits per heavy atom. The first kappa shape index (κ1) is 14.7. The molecule has 1 aromatic carbocycles. The Bertz CT molecular complexity index is 472. The van der Waals surface area contributed by atoms with Gasteiger partial charge in [-0.3, -0.25) is 4.79 Å². The zero-order valence-electron chi connectivity index (χ0n) is 11.9. The molecule has 1 fully saturated rings. The number of hydrogen-bond donors (Lipinski definition) is 3. The summed E-state index contributed by atoms with van der Waals surface area (Å²) in [5.41, 5.74) is 8.29. The first-order valence-corrected chi connectivity index (χ1v) is 7.16. The van der Waals surface area contributed by atoms with Gasteiger partial charge in [0.2, 0.25) is 0 Å². The summed E-state index contributed by atoms with van der Waals surface area (Å²) in [4.78, 5) is 14.0. The lowest BCUT2D eigenvalue weighted by Gasteiger charge is -2.40. The van der Waals surface area contributed by atoms with Gasteiger partial charge in [0.1, 0.15) is 0 Å². The van der Waals surface area contributed by atoms with Crippen molar-refractivity contribution in [2.24, 2.45) is 0 Å². The van der Waals surface area contributed by atoms with E-state index in [-0.39, 0.29) is 12.5 Å². The Labute approximate surface area is 119 Å². The van der Waals surface area contributed by atoms with Crippen molar-refractivity contribution in [1.29, 1.82) is 0 Å². The van der Waals surface area contributed by atoms with Crippen LogP contribution in [0.3, 0.4) is 0 Å². The number of anilines is 2. The molecule has 2 rings (SSSR count). The summed E-state index contributed by atoms with van der Waals surface area (Å²) < 4.78 is 0. The fourth-order valence-electron chi connectivity index (χ4n) is 2.52. The van der Waals surface area contributed by atoms with Crippen molar-refractivity contribution in [3.8, 4) is 0 Å². The molecule has 0 aromatic heterocycles. The topological polar surface area (TPSA) is 78.6 Å². The van der Waals surface area contributed by atoms with Crippen LogP contribution in [-0.4, -0.2) is 37.3 Å². The van der Waals surface area contributed by atoms with Crippen LogP contribution in [0.1, 0.15) is 36.0 Å². The molecule has 0 spiro atoms. The normalized spacial score (nSPS) is 14.7. The van der Waals surface area contributed by atoms with Gasteiger partial charge in [0.15, 0.2) is 0 Å². The van der Waals surface area contributed by atoms with E-state index in [4.69, 9.17) is 10.8 Å². The minimum Gasteiger partial charge on any atom is -0.397 e. The fraction of sp³-hybridized carbons (Fsp3) is 0.533. The van der Waals surface area contributed by atoms with Crippen LogP contribution in [0.2, 0.25) is 0 Å². The molecule has 1 saturated carbocycles. The number of carbonyl (C=O) groups is 1. The predicted octanol–water partition coefficient (Wildman–Crippen LogP) is 1.37. The van der Waals surface area contributed by atoms with Crippen molar-refractivity contribution in [1.82, 2.24) is 5.32 Å². The highest BCUT2D eigenvalue weighted by Gasteiger charge is 2.26. The molecule has 5 heteroatoms. The maximum Gasteiger partial charge on any atom is 0.251 e. The van der Waals surface area contributed by atoms with Crippen LogP contribution < -0.4 is 16.0 Å². The predicted molar refractivity (Wildman–Crippen MR) is 80.9 cm³/mol. The third kappa shape index (κ3) is 3.04. The fourth-order valence-corrected chi connectivity index (χ4v) is 2.52. The van der Waals surface area contributed by atoms with Gasteiger partial charge in [-0.15, -0.1) is 0 Å². The van der Waals surface area contributed by atoms with Gasteiger partial charge in [-0.05, 0) is 43.9 Å². The van der Waals surface area contributed by atoms with Gasteiger partial charge in [0, 0.05) is 31.8 Å². The molecule has 0 aliphatic heterocycles. The number of aliphatic hydroxyl groups is 1. The van der Waals surface area contributed by atoms with Crippen LogP contribution in [0.4, 0.5) is 11.4 Å². The maximum atomic E-state index is 11.8. The number of nitrogen functional groups attached to an aromatic ring is 1. The lowest BCUT2D eigenvalue weighted by molar-refractivity contribution is 0.0963. The molecular formula is C15H23N3O2. The van der Waals surface area contributed by atoms with Gasteiger partial charge in [-0.1, -0.05) is 0 Å². The molecule has 110 valence electrons. The Hall–Kier alpha value is -1.75. The molecule has 0 saturated heterocycles. The average Bonchev–Trinajstić information content (AvgIpc) is 2.41. The Balaban J connectivity index is 2.28. The molecule has 0 radical (unpaired) electrons. The summed E-state index contributed by atoms with van der Waals surface area (Å²) in [5.74, 6) is -0.109. The largest absolute Gasteiger partial charge is 0.397 e. The third-order valence-corrected chi connectivity index (χ3v) is 3.90. The van der Waals surface area contributed by atoms with Gasteiger partial charge in [0.25, 0.3) is 5.91 Å². The maximum absolute atomic E-state index is 11.8. The van der Waals surface area contributed by atoms with Crippen molar-refractivity contribution in [2.75, 3.05) is 30.8 Å². The number of nitrogens with one attached hydrogen (secondary N) is 1. The van der Waals surface area contributed by atoms with Crippen LogP contribution in [0.5, 0.6) is 0 Å². The highest BCUT2D eigenvalue weighted by atomic mass is 16.3. The quantitative estimate of drug-likeness (QED) is 0.686. The first-order chi connectivity index (χ1) is 9.67. The second kappa shape index (κ2) is 6.61. The number of nitrogens with two attached hydrogens (primary N) is 1. The molecule has 1 aliphatic rings. The van der Waals surface area contributed by atoms with E-state index in [1.54, 1.807) is 19.2 Å². The highest BCUT2D eigenvalue weighted by molar-refractivity contribution is 5.96. The van der Waals surface area contributed by atoms with E-state index in [0.29, 0.717) is 23.7 Å². The minimum absolute atomic E-state index is 0.109. The van der Waals surface area contributed by atoms with Gasteiger partial charge in [0.05, 0.1) is 11.4 Å². The van der Waals surface area contributed by atoms with E-state index in [1.807, 2.05) is 6.07 Å². The highest BCUT2D eigenvalue weighted by Crippen LogP contribution is 2.33. The summed E-state index contributed by atoms with van der Waals surface area (Å²) in [5, 5.41) is 11.7. The number of carbonyl (C=O) groups excluding carboxylic acids is 1. The first-order valence-electron chi connectivity index (χ1n) is 7.16. The van der Waals surface area contributed by atoms with Gasteiger partial charge in [-0.2, -0.15) is 0 Å². The molecule has 1 aliphatic carbocycles. The molecule has 0 atom stereocenters. The van der Waals surface area contributed by atoms with Crippen LogP contribution in [-0.2, 0) is 0 Å². The second-order valence-corrected chi connectivity index (χ2v) is 5.21. The monoisotopic (exact) mass is 277 g/mol. The van der Waals surface area contributed by atoms with Crippen LogP contribution in [0.15, 0.2) is 18.2 Å². The molecule has 20 heavy (non-hydrogen) atoms. The number of hydrogen-bond acceptors (Lipinski definition) is 4. The summed E-state index contributed by atoms with van der Waals surface area (Å²) in [6.45, 7) is 0.931. The van der Waals surface area contributed by atoms with Crippen molar-refractivity contribution >= 4 is 17.3 Å². The van der Waals surface area contributed by atoms with Crippen molar-refractivity contribution < 1.29 is 9.90 Å². The van der Waals surface area contributed by atoms with E-state index < -0.39 is 0 Å². The number of benzene rings is 1. The molecule has 1 amide bonds. The van der Waals surface area contributed by atoms with E-state index in [9.17, 15) is 4.79 Å². The number of rotatable bonds is 6. The van der Waals surface area contributed by atoms with E-state index >= 15 is 0 Å². The van der Waals surface area contributed by atoms with Gasteiger partial charge >= 0.3 is 0 Å². The molecule has 0 bridgehead atoms. The molecular weight excluding hydrogens is 254 g/mol. The Morgan fingerprint density at radius 3 is 2.80 bits per heavy atom. The van der Waals surface area contributed by atoms with Gasteiger partial charge in [-0.25, -0.2) is 0 Å². The lowest BCUT2D eigenvalue weighted by atomic mass is 9.90. The summed E-state index contributed by atoms with van der Waals surface area (Å²) in [6.07, 6.45) is 4.24. The zero-order chi connectivity index (χ0) is 14.5. The minimum atomic E-state index is -0.109. The smallest absolute Gasteiger partial charge is 0.251 e. The molecule has 0 heterocycles. The zero-order valence-corrected chi connectivity index (χ0v) is 11.9. The Morgan fingerprint density at radius 2 is 2.25 bits per heavy atom. The third-order valence-electron chi connectivity index (χ3n) is 3.90. The van der Waals surface area contributed by atoms with Crippen molar-refractivity contribution in [3.63, 3.8) is 0 Å². The van der Waals surface area contributed by atoms with E-state index in [0.717, 1.165) is 25.1 Å². The molecule has 5 nitrogen and oxygen atoms in total. The summed E-state index contributed by atoms with van der Waals surface area (Å²) >= 11 is 0. The Kier molecular flexibility index (Phi) is 4.84. The second-order valence-electron chi connectivity index (χ2n) is 5.21. The number of nitrogens with zero attached hydrogens (tertiary/aromatic N) is 1. The van der Waals surface area contributed by atoms with Crippen LogP contribution in [0.25, 0.3) is 0 Å². The number of amides is 1. The van der Waals surface area contributed by atoms with Crippen molar-refractivity contribution in [2.45, 2.75) is 31.7 Å². The van der Waals surface area contributed by atoms with Crippen LogP contribution in [0, 0.1) is 0 Å². The van der Waals surface area contributed by atoms with E-state index in [1.165, 1.54) is 6.42 Å². The summed E-state index contributed by atoms with van der Waals surface area (Å²) in [7, 11) is 1.62. The standard InChI is InChI=1S/C15H23N3O2/c1-17-15(20)11-6-7-13(16)14(10-11)18(8-3-9-19)12-4-2-5-12/h6-7,10,12,19H,2-5,8-9,16H2,1H3,(H,17,20). The van der Waals surface area contributed by atoms with Crippen LogP contribution >= 0.6 is 0 Å². The van der Waals surface area contributed by atoms with Crippen molar-refractivity contribution in [3.05, 3.63) is 23.8 Å². The summed E-state index contributed by atoms with van der Waals surface area (Å²) in [6, 6.07) is 5.85. The lowest BCUT2D eigenvalue weighted by Crippen LogP contribution is -2.41.